The van der Waals surface area contributed by atoms with Crippen molar-refractivity contribution in [3.8, 4) is 0 Å². The second kappa shape index (κ2) is 13.3. The van der Waals surface area contributed by atoms with Crippen molar-refractivity contribution in [3.63, 3.8) is 0 Å². The molecule has 0 aliphatic heterocycles. The quantitative estimate of drug-likeness (QED) is 0.316. The van der Waals surface area contributed by atoms with Crippen molar-refractivity contribution in [2.24, 2.45) is 5.92 Å². The Morgan fingerprint density at radius 1 is 0.900 bits per heavy atom. The van der Waals surface area contributed by atoms with Gasteiger partial charge in [-0.05, 0) is 80.6 Å². The number of hydrogen-bond donors (Lipinski definition) is 1. The summed E-state index contributed by atoms with van der Waals surface area (Å²) in [5, 5.41) is 3.36. The predicted molar refractivity (Wildman–Crippen MR) is 161 cm³/mol. The molecule has 0 saturated heterocycles. The van der Waals surface area contributed by atoms with E-state index in [1.165, 1.54) is 17.0 Å². The van der Waals surface area contributed by atoms with Crippen LogP contribution in [0, 0.1) is 26.7 Å². The molecule has 0 fully saturated rings. The zero-order valence-corrected chi connectivity index (χ0v) is 25.5. The van der Waals surface area contributed by atoms with Gasteiger partial charge in [0, 0.05) is 18.1 Å². The van der Waals surface area contributed by atoms with Gasteiger partial charge in [0.05, 0.1) is 10.6 Å². The third-order valence-corrected chi connectivity index (χ3v) is 8.78. The number of hydrogen-bond acceptors (Lipinski definition) is 4. The Balaban J connectivity index is 2.06. The van der Waals surface area contributed by atoms with Crippen LogP contribution in [0.2, 0.25) is 5.02 Å². The van der Waals surface area contributed by atoms with Crippen LogP contribution >= 0.6 is 11.6 Å². The van der Waals surface area contributed by atoms with Gasteiger partial charge in [-0.1, -0.05) is 67.4 Å². The van der Waals surface area contributed by atoms with E-state index in [9.17, 15) is 18.0 Å². The highest BCUT2D eigenvalue weighted by Gasteiger charge is 2.33. The van der Waals surface area contributed by atoms with Gasteiger partial charge in [0.25, 0.3) is 10.0 Å². The minimum atomic E-state index is -4.14. The van der Waals surface area contributed by atoms with E-state index in [4.69, 9.17) is 11.6 Å². The van der Waals surface area contributed by atoms with Crippen molar-refractivity contribution in [3.05, 3.63) is 94.0 Å². The maximum Gasteiger partial charge on any atom is 0.264 e. The van der Waals surface area contributed by atoms with E-state index in [0.29, 0.717) is 22.8 Å². The molecule has 0 spiro atoms. The average molecular weight is 584 g/mol. The summed E-state index contributed by atoms with van der Waals surface area (Å²) in [4.78, 5) is 28.7. The average Bonchev–Trinajstić information content (AvgIpc) is 2.90. The van der Waals surface area contributed by atoms with Crippen molar-refractivity contribution in [2.75, 3.05) is 17.4 Å². The smallest absolute Gasteiger partial charge is 0.264 e. The number of carbonyl (C=O) groups is 2. The molecule has 0 radical (unpaired) electrons. The molecule has 3 aromatic carbocycles. The summed E-state index contributed by atoms with van der Waals surface area (Å²) in [5.41, 5.74) is 3.69. The van der Waals surface area contributed by atoms with E-state index >= 15 is 0 Å². The van der Waals surface area contributed by atoms with Gasteiger partial charge in [0.1, 0.15) is 12.6 Å². The molecule has 40 heavy (non-hydrogen) atoms. The second-order valence-corrected chi connectivity index (χ2v) is 12.8. The topological polar surface area (TPSA) is 86.8 Å². The van der Waals surface area contributed by atoms with Gasteiger partial charge in [-0.3, -0.25) is 13.9 Å². The highest BCUT2D eigenvalue weighted by molar-refractivity contribution is 7.92. The number of sulfonamides is 1. The molecule has 0 saturated carbocycles. The van der Waals surface area contributed by atoms with Crippen LogP contribution in [0.25, 0.3) is 0 Å². The molecule has 1 N–H and O–H groups in total. The number of carbonyl (C=O) groups excluding carboxylic acids is 2. The number of nitrogens with zero attached hydrogens (tertiary/aromatic N) is 2. The number of aryl methyl sites for hydroxylation is 3. The zero-order chi connectivity index (χ0) is 29.6. The fourth-order valence-corrected chi connectivity index (χ4v) is 5.96. The molecule has 3 rings (SSSR count). The molecule has 7 nitrogen and oxygen atoms in total. The molecular formula is C31H38ClN3O4S. The summed E-state index contributed by atoms with van der Waals surface area (Å²) in [7, 11) is -4.14. The summed E-state index contributed by atoms with van der Waals surface area (Å²) in [5.74, 6) is -0.563. The molecular weight excluding hydrogens is 546 g/mol. The maximum absolute atomic E-state index is 14.1. The number of halogens is 1. The third kappa shape index (κ3) is 7.64. The Kier molecular flexibility index (Phi) is 10.4. The molecule has 0 bridgehead atoms. The molecule has 1 atom stereocenters. The number of rotatable bonds is 11. The van der Waals surface area contributed by atoms with Gasteiger partial charge in [-0.25, -0.2) is 8.42 Å². The lowest BCUT2D eigenvalue weighted by Gasteiger charge is -2.33. The second-order valence-electron chi connectivity index (χ2n) is 10.5. The summed E-state index contributed by atoms with van der Waals surface area (Å²) in [6, 6.07) is 18.1. The van der Waals surface area contributed by atoms with Gasteiger partial charge in [-0.15, -0.1) is 0 Å². The minimum Gasteiger partial charge on any atom is -0.354 e. The molecule has 0 aromatic heterocycles. The van der Waals surface area contributed by atoms with Gasteiger partial charge < -0.3 is 10.2 Å². The van der Waals surface area contributed by atoms with Crippen LogP contribution in [0.15, 0.2) is 71.6 Å². The lowest BCUT2D eigenvalue weighted by Crippen LogP contribution is -2.51. The van der Waals surface area contributed by atoms with Crippen LogP contribution < -0.4 is 9.62 Å². The Morgan fingerprint density at radius 3 is 2.15 bits per heavy atom. The first-order valence-corrected chi connectivity index (χ1v) is 15.1. The number of benzene rings is 3. The minimum absolute atomic E-state index is 0.0634. The van der Waals surface area contributed by atoms with Crippen molar-refractivity contribution in [2.45, 2.75) is 59.0 Å². The first-order chi connectivity index (χ1) is 18.8. The van der Waals surface area contributed by atoms with E-state index < -0.39 is 28.5 Å². The largest absolute Gasteiger partial charge is 0.354 e. The lowest BCUT2D eigenvalue weighted by atomic mass is 10.1. The van der Waals surface area contributed by atoms with Crippen molar-refractivity contribution in [1.29, 1.82) is 0 Å². The van der Waals surface area contributed by atoms with Crippen LogP contribution in [0.5, 0.6) is 0 Å². The summed E-state index contributed by atoms with van der Waals surface area (Å²) in [6.07, 6.45) is 0. The maximum atomic E-state index is 14.1. The van der Waals surface area contributed by atoms with Crippen LogP contribution in [0.3, 0.4) is 0 Å². The lowest BCUT2D eigenvalue weighted by molar-refractivity contribution is -0.139. The summed E-state index contributed by atoms with van der Waals surface area (Å²) >= 11 is 6.17. The van der Waals surface area contributed by atoms with Crippen molar-refractivity contribution >= 4 is 39.1 Å². The van der Waals surface area contributed by atoms with Gasteiger partial charge in [0.15, 0.2) is 0 Å². The van der Waals surface area contributed by atoms with Crippen LogP contribution in [-0.2, 0) is 26.2 Å². The van der Waals surface area contributed by atoms with E-state index in [1.54, 1.807) is 44.2 Å². The van der Waals surface area contributed by atoms with Gasteiger partial charge in [0.2, 0.25) is 11.8 Å². The predicted octanol–water partition coefficient (Wildman–Crippen LogP) is 5.65. The van der Waals surface area contributed by atoms with Gasteiger partial charge in [-0.2, -0.15) is 0 Å². The standard InChI is InChI=1S/C31H38ClN3O4S/c1-21(2)18-33-31(37)25(6)34(19-26-10-8-7-9-23(26)4)30(36)20-35(29-16-13-27(32)17-24(29)5)40(38,39)28-14-11-22(3)12-15-28/h7-17,21,25H,18-20H2,1-6H3,(H,33,37)/t25-/m0/s1. The number of nitrogens with one attached hydrogen (secondary N) is 1. The number of amides is 2. The molecule has 9 heteroatoms. The molecule has 0 unspecified atom stereocenters. The highest BCUT2D eigenvalue weighted by Crippen LogP contribution is 2.29. The zero-order valence-electron chi connectivity index (χ0n) is 23.9. The molecule has 214 valence electrons. The van der Waals surface area contributed by atoms with E-state index in [2.05, 4.69) is 5.32 Å². The van der Waals surface area contributed by atoms with Crippen molar-refractivity contribution < 1.29 is 18.0 Å². The Hall–Kier alpha value is -3.36. The molecule has 3 aromatic rings. The normalized spacial score (nSPS) is 12.2. The first-order valence-electron chi connectivity index (χ1n) is 13.3. The third-order valence-electron chi connectivity index (χ3n) is 6.77. The fraction of sp³-hybridized carbons (Fsp3) is 0.355. The van der Waals surface area contributed by atoms with Crippen molar-refractivity contribution in [1.82, 2.24) is 10.2 Å². The molecule has 0 aliphatic carbocycles. The van der Waals surface area contributed by atoms with Crippen LogP contribution in [0.4, 0.5) is 5.69 Å². The Labute approximate surface area is 243 Å². The first kappa shape index (κ1) is 31.2. The molecule has 0 heterocycles. The van der Waals surface area contributed by atoms with E-state index in [0.717, 1.165) is 21.0 Å². The Morgan fingerprint density at radius 2 is 1.55 bits per heavy atom. The fourth-order valence-electron chi connectivity index (χ4n) is 4.26. The number of anilines is 1. The molecule has 2 amide bonds. The van der Waals surface area contributed by atoms with Gasteiger partial charge >= 0.3 is 0 Å². The monoisotopic (exact) mass is 583 g/mol. The summed E-state index contributed by atoms with van der Waals surface area (Å²) < 4.78 is 29.1. The van der Waals surface area contributed by atoms with E-state index in [-0.39, 0.29) is 23.3 Å². The SMILES string of the molecule is Cc1ccc(S(=O)(=O)N(CC(=O)N(Cc2ccccc2C)[C@@H](C)C(=O)NCC(C)C)c2ccc(Cl)cc2C)cc1. The van der Waals surface area contributed by atoms with Crippen LogP contribution in [-0.4, -0.2) is 44.3 Å². The molecule has 0 aliphatic rings. The highest BCUT2D eigenvalue weighted by atomic mass is 35.5. The van der Waals surface area contributed by atoms with Crippen LogP contribution in [0.1, 0.15) is 43.0 Å². The Bertz CT molecular complexity index is 1460. The van der Waals surface area contributed by atoms with E-state index in [1.807, 2.05) is 52.0 Å². The summed E-state index contributed by atoms with van der Waals surface area (Å²) in [6.45, 7) is 11.3.